The second-order valence-corrected chi connectivity index (χ2v) is 5.76. The van der Waals surface area contributed by atoms with Crippen LogP contribution >= 0.6 is 27.3 Å². The number of carbonyl (C=O) groups is 3. The number of thiophene rings is 1. The maximum absolute atomic E-state index is 11.6. The molecule has 2 rings (SSSR count). The third kappa shape index (κ3) is 4.43. The highest BCUT2D eigenvalue weighted by molar-refractivity contribution is 9.10. The van der Waals surface area contributed by atoms with E-state index in [0.717, 1.165) is 4.47 Å². The van der Waals surface area contributed by atoms with Crippen molar-refractivity contribution in [3.63, 3.8) is 0 Å². The summed E-state index contributed by atoms with van der Waals surface area (Å²) in [5.74, 6) is -1.35. The van der Waals surface area contributed by atoms with E-state index in [9.17, 15) is 14.4 Å². The van der Waals surface area contributed by atoms with Crippen molar-refractivity contribution >= 4 is 45.0 Å². The number of H-pyrrole nitrogens is 1. The quantitative estimate of drug-likeness (QED) is 0.604. The topological polar surface area (TPSA) is 103 Å². The van der Waals surface area contributed by atoms with Gasteiger partial charge in [-0.1, -0.05) is 6.07 Å². The number of carbonyl (C=O) groups excluding carboxylic acids is 3. The Kier molecular flexibility index (Phi) is 5.12. The minimum atomic E-state index is -0.529. The number of nitrogens with one attached hydrogen (secondary N) is 4. The van der Waals surface area contributed by atoms with Crippen molar-refractivity contribution in [1.82, 2.24) is 21.2 Å². The molecule has 0 spiro atoms. The van der Waals surface area contributed by atoms with Crippen molar-refractivity contribution in [1.29, 1.82) is 0 Å². The van der Waals surface area contributed by atoms with E-state index in [1.165, 1.54) is 11.3 Å². The van der Waals surface area contributed by atoms with Gasteiger partial charge in [0, 0.05) is 10.7 Å². The van der Waals surface area contributed by atoms with E-state index in [0.29, 0.717) is 10.6 Å². The molecule has 21 heavy (non-hydrogen) atoms. The average Bonchev–Trinajstić information content (AvgIpc) is 3.13. The molecular formula is C12H11BrN4O3S. The van der Waals surface area contributed by atoms with Crippen LogP contribution in [0.25, 0.3) is 0 Å². The van der Waals surface area contributed by atoms with E-state index in [-0.39, 0.29) is 12.5 Å². The standard InChI is InChI=1S/C12H11BrN4O3S/c13-7-4-8(14-5-7)11(19)17-16-10(18)6-15-12(20)9-2-1-3-21-9/h1-5,14H,6H2,(H,15,20)(H,16,18)(H,17,19). The molecule has 0 atom stereocenters. The minimum absolute atomic E-state index is 0.231. The second kappa shape index (κ2) is 7.04. The second-order valence-electron chi connectivity index (χ2n) is 3.89. The van der Waals surface area contributed by atoms with Gasteiger partial charge in [0.1, 0.15) is 5.69 Å². The van der Waals surface area contributed by atoms with Crippen molar-refractivity contribution in [3.8, 4) is 0 Å². The van der Waals surface area contributed by atoms with Crippen molar-refractivity contribution in [2.24, 2.45) is 0 Å². The van der Waals surface area contributed by atoms with Crippen LogP contribution in [0.1, 0.15) is 20.2 Å². The van der Waals surface area contributed by atoms with Gasteiger partial charge < -0.3 is 10.3 Å². The molecule has 7 nitrogen and oxygen atoms in total. The molecule has 0 unspecified atom stereocenters. The molecule has 0 saturated heterocycles. The molecule has 0 aliphatic carbocycles. The highest BCUT2D eigenvalue weighted by Crippen LogP contribution is 2.10. The smallest absolute Gasteiger partial charge is 0.286 e. The molecular weight excluding hydrogens is 360 g/mol. The Balaban J connectivity index is 1.72. The Morgan fingerprint density at radius 3 is 2.67 bits per heavy atom. The van der Waals surface area contributed by atoms with E-state index >= 15 is 0 Å². The number of hydrazine groups is 1. The van der Waals surface area contributed by atoms with Crippen LogP contribution in [0, 0.1) is 0 Å². The highest BCUT2D eigenvalue weighted by Gasteiger charge is 2.11. The van der Waals surface area contributed by atoms with E-state index < -0.39 is 11.8 Å². The van der Waals surface area contributed by atoms with Crippen molar-refractivity contribution < 1.29 is 14.4 Å². The van der Waals surface area contributed by atoms with Crippen LogP contribution in [0.4, 0.5) is 0 Å². The minimum Gasteiger partial charge on any atom is -0.356 e. The van der Waals surface area contributed by atoms with Gasteiger partial charge in [0.05, 0.1) is 11.4 Å². The molecule has 4 N–H and O–H groups in total. The summed E-state index contributed by atoms with van der Waals surface area (Å²) < 4.78 is 0.724. The highest BCUT2D eigenvalue weighted by atomic mass is 79.9. The van der Waals surface area contributed by atoms with Crippen LogP contribution in [0.3, 0.4) is 0 Å². The van der Waals surface area contributed by atoms with Crippen LogP contribution in [0.2, 0.25) is 0 Å². The van der Waals surface area contributed by atoms with E-state index in [4.69, 9.17) is 0 Å². The molecule has 110 valence electrons. The Hall–Kier alpha value is -2.13. The van der Waals surface area contributed by atoms with Crippen molar-refractivity contribution in [2.75, 3.05) is 6.54 Å². The molecule has 0 aromatic carbocycles. The number of rotatable bonds is 4. The third-order valence-electron chi connectivity index (χ3n) is 2.36. The van der Waals surface area contributed by atoms with Gasteiger partial charge >= 0.3 is 0 Å². The van der Waals surface area contributed by atoms with Gasteiger partial charge in [-0.05, 0) is 33.4 Å². The molecule has 0 saturated carbocycles. The fourth-order valence-corrected chi connectivity index (χ4v) is 2.38. The lowest BCUT2D eigenvalue weighted by Gasteiger charge is -2.07. The van der Waals surface area contributed by atoms with Crippen LogP contribution < -0.4 is 16.2 Å². The van der Waals surface area contributed by atoms with Crippen LogP contribution in [0.5, 0.6) is 0 Å². The van der Waals surface area contributed by atoms with E-state index in [1.54, 1.807) is 29.8 Å². The van der Waals surface area contributed by atoms with Gasteiger partial charge in [-0.15, -0.1) is 11.3 Å². The summed E-state index contributed by atoms with van der Waals surface area (Å²) in [5.41, 5.74) is 4.73. The summed E-state index contributed by atoms with van der Waals surface area (Å²) in [5, 5.41) is 4.21. The Morgan fingerprint density at radius 2 is 2.05 bits per heavy atom. The normalized spacial score (nSPS) is 9.95. The molecule has 2 aromatic heterocycles. The lowest BCUT2D eigenvalue weighted by atomic mass is 10.4. The van der Waals surface area contributed by atoms with Crippen molar-refractivity contribution in [2.45, 2.75) is 0 Å². The van der Waals surface area contributed by atoms with Crippen LogP contribution in [-0.2, 0) is 4.79 Å². The largest absolute Gasteiger partial charge is 0.356 e. The predicted octanol–water partition coefficient (Wildman–Crippen LogP) is 1.03. The summed E-state index contributed by atoms with van der Waals surface area (Å²) in [6.07, 6.45) is 1.60. The molecule has 2 heterocycles. The summed E-state index contributed by atoms with van der Waals surface area (Å²) in [6, 6.07) is 4.97. The fourth-order valence-electron chi connectivity index (χ4n) is 1.39. The predicted molar refractivity (Wildman–Crippen MR) is 80.8 cm³/mol. The van der Waals surface area contributed by atoms with Gasteiger partial charge in [0.15, 0.2) is 0 Å². The first-order valence-corrected chi connectivity index (χ1v) is 7.48. The first-order chi connectivity index (χ1) is 10.1. The molecule has 0 aliphatic heterocycles. The molecule has 3 amide bonds. The zero-order valence-electron chi connectivity index (χ0n) is 10.6. The lowest BCUT2D eigenvalue weighted by molar-refractivity contribution is -0.120. The maximum Gasteiger partial charge on any atom is 0.286 e. The molecule has 0 fully saturated rings. The molecule has 9 heteroatoms. The first kappa shape index (κ1) is 15.3. The van der Waals surface area contributed by atoms with Crippen molar-refractivity contribution in [3.05, 3.63) is 44.8 Å². The van der Waals surface area contributed by atoms with Gasteiger partial charge in [0.2, 0.25) is 0 Å². The Bertz CT molecular complexity index is 653. The van der Waals surface area contributed by atoms with Gasteiger partial charge in [-0.25, -0.2) is 0 Å². The number of amides is 3. The maximum atomic E-state index is 11.6. The number of halogens is 1. The van der Waals surface area contributed by atoms with Gasteiger partial charge in [-0.2, -0.15) is 0 Å². The number of hydrogen-bond acceptors (Lipinski definition) is 4. The zero-order chi connectivity index (χ0) is 15.2. The van der Waals surface area contributed by atoms with Gasteiger partial charge in [-0.3, -0.25) is 25.2 Å². The van der Waals surface area contributed by atoms with E-state index in [1.807, 2.05) is 0 Å². The third-order valence-corrected chi connectivity index (χ3v) is 3.69. The molecule has 0 radical (unpaired) electrons. The first-order valence-electron chi connectivity index (χ1n) is 5.81. The zero-order valence-corrected chi connectivity index (χ0v) is 13.0. The molecule has 0 aliphatic rings. The summed E-state index contributed by atoms with van der Waals surface area (Å²) in [6.45, 7) is -0.231. The fraction of sp³-hybridized carbons (Fsp3) is 0.0833. The summed E-state index contributed by atoms with van der Waals surface area (Å²) >= 11 is 4.47. The number of aromatic nitrogens is 1. The molecule has 2 aromatic rings. The monoisotopic (exact) mass is 370 g/mol. The van der Waals surface area contributed by atoms with E-state index in [2.05, 4.69) is 37.1 Å². The summed E-state index contributed by atoms with van der Waals surface area (Å²) in [7, 11) is 0. The Labute approximate surface area is 132 Å². The average molecular weight is 371 g/mol. The van der Waals surface area contributed by atoms with Gasteiger partial charge in [0.25, 0.3) is 17.7 Å². The SMILES string of the molecule is O=C(CNC(=O)c1cccs1)NNC(=O)c1cc(Br)c[nH]1. The Morgan fingerprint density at radius 1 is 1.24 bits per heavy atom. The van der Waals surface area contributed by atoms with Crippen LogP contribution in [-0.4, -0.2) is 29.3 Å². The molecule has 0 bridgehead atoms. The lowest BCUT2D eigenvalue weighted by Crippen LogP contribution is -2.46. The summed E-state index contributed by atoms with van der Waals surface area (Å²) in [4.78, 5) is 38.0. The number of aromatic amines is 1. The number of hydrogen-bond donors (Lipinski definition) is 4. The van der Waals surface area contributed by atoms with Crippen LogP contribution in [0.15, 0.2) is 34.2 Å².